The van der Waals surface area contributed by atoms with Crippen LogP contribution in [0.4, 0.5) is 0 Å². The molecule has 1 aliphatic rings. The molecule has 4 N–H and O–H groups in total. The molecule has 0 amide bonds. The summed E-state index contributed by atoms with van der Waals surface area (Å²) in [6.07, 6.45) is -1.76. The van der Waals surface area contributed by atoms with E-state index in [-0.39, 0.29) is 0 Å². The van der Waals surface area contributed by atoms with E-state index in [1.54, 1.807) is 0 Å². The molecule has 0 radical (unpaired) electrons. The molecule has 1 fully saturated rings. The first-order chi connectivity index (χ1) is 5.90. The summed E-state index contributed by atoms with van der Waals surface area (Å²) in [4.78, 5) is 16.9. The number of hydrogen-bond donors (Lipinski definition) is 4. The highest BCUT2D eigenvalue weighted by atomic mass is 31.2. The molecule has 0 aliphatic heterocycles. The fourth-order valence-electron chi connectivity index (χ4n) is 1.41. The Bertz CT molecular complexity index is 213. The zero-order valence-electron chi connectivity index (χ0n) is 6.91. The first-order valence-corrected chi connectivity index (χ1v) is 5.53. The van der Waals surface area contributed by atoms with Crippen molar-refractivity contribution in [2.75, 3.05) is 0 Å². The van der Waals surface area contributed by atoms with Gasteiger partial charge in [0.2, 0.25) is 0 Å². The third-order valence-electron chi connectivity index (χ3n) is 2.04. The molecule has 0 unspecified atom stereocenters. The quantitative estimate of drug-likeness (QED) is 0.454. The minimum absolute atomic E-state index is 0.351. The molecule has 0 spiro atoms. The van der Waals surface area contributed by atoms with E-state index in [4.69, 9.17) is 14.9 Å². The van der Waals surface area contributed by atoms with Crippen molar-refractivity contribution in [3.63, 3.8) is 0 Å². The molecule has 0 bridgehead atoms. The van der Waals surface area contributed by atoms with Gasteiger partial charge in [0.05, 0.1) is 12.2 Å². The minimum Gasteiger partial charge on any atom is -0.390 e. The van der Waals surface area contributed by atoms with Crippen molar-refractivity contribution < 1.29 is 29.1 Å². The maximum absolute atomic E-state index is 10.4. The number of phosphoric ester groups is 1. The van der Waals surface area contributed by atoms with Crippen molar-refractivity contribution in [1.29, 1.82) is 0 Å². The second-order valence-electron chi connectivity index (χ2n) is 3.12. The van der Waals surface area contributed by atoms with Gasteiger partial charge in [0.1, 0.15) is 6.10 Å². The maximum Gasteiger partial charge on any atom is 0.469 e. The van der Waals surface area contributed by atoms with Crippen LogP contribution in [0.15, 0.2) is 0 Å². The Balaban J connectivity index is 2.54. The molecule has 1 rings (SSSR count). The average molecular weight is 212 g/mol. The molecule has 13 heavy (non-hydrogen) atoms. The van der Waals surface area contributed by atoms with Crippen LogP contribution in [0, 0.1) is 0 Å². The van der Waals surface area contributed by atoms with Gasteiger partial charge in [-0.2, -0.15) is 0 Å². The highest BCUT2D eigenvalue weighted by Crippen LogP contribution is 2.40. The molecule has 3 atom stereocenters. The zero-order valence-corrected chi connectivity index (χ0v) is 7.80. The maximum atomic E-state index is 10.4. The first kappa shape index (κ1) is 11.1. The van der Waals surface area contributed by atoms with Crippen molar-refractivity contribution in [3.05, 3.63) is 0 Å². The average Bonchev–Trinajstić information content (AvgIpc) is 1.96. The van der Waals surface area contributed by atoms with Gasteiger partial charge in [-0.05, 0) is 19.3 Å². The third-order valence-corrected chi connectivity index (χ3v) is 2.58. The molecule has 1 saturated carbocycles. The molecule has 1 aliphatic carbocycles. The van der Waals surface area contributed by atoms with Crippen molar-refractivity contribution >= 4 is 7.82 Å². The van der Waals surface area contributed by atoms with E-state index >= 15 is 0 Å². The van der Waals surface area contributed by atoms with Crippen LogP contribution in [0.2, 0.25) is 0 Å². The van der Waals surface area contributed by atoms with Crippen molar-refractivity contribution in [3.8, 4) is 0 Å². The van der Waals surface area contributed by atoms with Gasteiger partial charge in [-0.3, -0.25) is 4.52 Å². The summed E-state index contributed by atoms with van der Waals surface area (Å²) in [5.41, 5.74) is 0. The van der Waals surface area contributed by atoms with E-state index in [2.05, 4.69) is 4.52 Å². The van der Waals surface area contributed by atoms with E-state index in [1.165, 1.54) is 0 Å². The Hall–Kier alpha value is 0.0300. The van der Waals surface area contributed by atoms with Crippen LogP contribution in [0.25, 0.3) is 0 Å². The van der Waals surface area contributed by atoms with E-state index < -0.39 is 26.1 Å². The Morgan fingerprint density at radius 1 is 1.23 bits per heavy atom. The molecule has 0 heterocycles. The molecule has 0 aromatic heterocycles. The summed E-state index contributed by atoms with van der Waals surface area (Å²) in [5.74, 6) is 0. The standard InChI is InChI=1S/C6H13O6P/c7-4-2-1-3-5(6(4)8)12-13(9,10)11/h4-8H,1-3H2,(H2,9,10,11)/t4-,5+,6-/m0/s1. The lowest BCUT2D eigenvalue weighted by Gasteiger charge is -2.31. The lowest BCUT2D eigenvalue weighted by molar-refractivity contribution is -0.0813. The van der Waals surface area contributed by atoms with Crippen LogP contribution in [-0.2, 0) is 9.09 Å². The normalized spacial score (nSPS) is 36.2. The van der Waals surface area contributed by atoms with Crippen LogP contribution in [0.3, 0.4) is 0 Å². The Morgan fingerprint density at radius 3 is 2.38 bits per heavy atom. The van der Waals surface area contributed by atoms with E-state index in [9.17, 15) is 9.67 Å². The lowest BCUT2D eigenvalue weighted by atomic mass is 9.92. The smallest absolute Gasteiger partial charge is 0.390 e. The predicted octanol–water partition coefficient (Wildman–Crippen LogP) is -0.630. The molecule has 0 aromatic carbocycles. The molecule has 78 valence electrons. The number of aliphatic hydroxyl groups is 2. The van der Waals surface area contributed by atoms with E-state index in [1.807, 2.05) is 0 Å². The number of hydrogen-bond acceptors (Lipinski definition) is 4. The van der Waals surface area contributed by atoms with Crippen LogP contribution < -0.4 is 0 Å². The van der Waals surface area contributed by atoms with E-state index in [0.29, 0.717) is 19.3 Å². The molecule has 0 aromatic rings. The van der Waals surface area contributed by atoms with Gasteiger partial charge in [0, 0.05) is 0 Å². The summed E-state index contributed by atoms with van der Waals surface area (Å²) >= 11 is 0. The fourth-order valence-corrected chi connectivity index (χ4v) is 1.99. The monoisotopic (exact) mass is 212 g/mol. The minimum atomic E-state index is -4.57. The van der Waals surface area contributed by atoms with Crippen LogP contribution in [-0.4, -0.2) is 38.3 Å². The van der Waals surface area contributed by atoms with Gasteiger partial charge in [-0.1, -0.05) is 0 Å². The SMILES string of the molecule is O=P(O)(O)O[C@@H]1CCC[C@H](O)[C@@H]1O. The summed E-state index contributed by atoms with van der Waals surface area (Å²) < 4.78 is 14.7. The van der Waals surface area contributed by atoms with Gasteiger partial charge in [-0.15, -0.1) is 0 Å². The Morgan fingerprint density at radius 2 is 1.85 bits per heavy atom. The van der Waals surface area contributed by atoms with Gasteiger partial charge < -0.3 is 20.0 Å². The Labute approximate surface area is 75.4 Å². The van der Waals surface area contributed by atoms with Gasteiger partial charge in [-0.25, -0.2) is 4.57 Å². The van der Waals surface area contributed by atoms with Crippen molar-refractivity contribution in [2.24, 2.45) is 0 Å². The second-order valence-corrected chi connectivity index (χ2v) is 4.32. The largest absolute Gasteiger partial charge is 0.469 e. The molecule has 0 saturated heterocycles. The molecular formula is C6H13O6P. The molecular weight excluding hydrogens is 199 g/mol. The lowest BCUT2D eigenvalue weighted by Crippen LogP contribution is -2.42. The topological polar surface area (TPSA) is 107 Å². The molecule has 6 nitrogen and oxygen atoms in total. The Kier molecular flexibility index (Phi) is 3.45. The zero-order chi connectivity index (χ0) is 10.1. The van der Waals surface area contributed by atoms with Gasteiger partial charge in [0.25, 0.3) is 0 Å². The van der Waals surface area contributed by atoms with Crippen molar-refractivity contribution in [2.45, 2.75) is 37.6 Å². The van der Waals surface area contributed by atoms with Crippen LogP contribution >= 0.6 is 7.82 Å². The number of phosphoric acid groups is 1. The van der Waals surface area contributed by atoms with Crippen LogP contribution in [0.5, 0.6) is 0 Å². The third kappa shape index (κ3) is 3.34. The first-order valence-electron chi connectivity index (χ1n) is 4.00. The second kappa shape index (κ2) is 4.04. The summed E-state index contributed by atoms with van der Waals surface area (Å²) in [7, 11) is -4.57. The van der Waals surface area contributed by atoms with E-state index in [0.717, 1.165) is 0 Å². The van der Waals surface area contributed by atoms with Gasteiger partial charge >= 0.3 is 7.82 Å². The fraction of sp³-hybridized carbons (Fsp3) is 1.00. The number of rotatable bonds is 2. The summed E-state index contributed by atoms with van der Waals surface area (Å²) in [5, 5.41) is 18.4. The van der Waals surface area contributed by atoms with Crippen molar-refractivity contribution in [1.82, 2.24) is 0 Å². The highest BCUT2D eigenvalue weighted by molar-refractivity contribution is 7.46. The van der Waals surface area contributed by atoms with Gasteiger partial charge in [0.15, 0.2) is 0 Å². The highest BCUT2D eigenvalue weighted by Gasteiger charge is 2.35. The number of aliphatic hydroxyl groups excluding tert-OH is 2. The summed E-state index contributed by atoms with van der Waals surface area (Å²) in [6, 6.07) is 0. The predicted molar refractivity (Wildman–Crippen MR) is 42.8 cm³/mol. The van der Waals surface area contributed by atoms with Crippen LogP contribution in [0.1, 0.15) is 19.3 Å². The summed E-state index contributed by atoms with van der Waals surface area (Å²) in [6.45, 7) is 0. The molecule has 7 heteroatoms.